The predicted octanol–water partition coefficient (Wildman–Crippen LogP) is 4.01. The summed E-state index contributed by atoms with van der Waals surface area (Å²) in [6, 6.07) is 9.26. The summed E-state index contributed by atoms with van der Waals surface area (Å²) in [5.41, 5.74) is 1.96. The first-order chi connectivity index (χ1) is 12.3. The lowest BCUT2D eigenvalue weighted by molar-refractivity contribution is -0.162. The molecule has 1 amide bonds. The molecule has 0 spiro atoms. The lowest BCUT2D eigenvalue weighted by Gasteiger charge is -2.37. The first kappa shape index (κ1) is 18.2. The molecule has 1 saturated heterocycles. The van der Waals surface area contributed by atoms with E-state index in [4.69, 9.17) is 0 Å². The number of likely N-dealkylation sites (tertiary alicyclic amines) is 1. The van der Waals surface area contributed by atoms with Gasteiger partial charge in [0.05, 0.1) is 11.1 Å². The molecule has 1 aromatic heterocycles. The van der Waals surface area contributed by atoms with Crippen LogP contribution in [-0.4, -0.2) is 35.1 Å². The molecule has 2 atom stereocenters. The molecule has 1 aromatic carbocycles. The molecule has 1 fully saturated rings. The van der Waals surface area contributed by atoms with E-state index in [1.165, 1.54) is 4.90 Å². The fourth-order valence-corrected chi connectivity index (χ4v) is 3.70. The van der Waals surface area contributed by atoms with Gasteiger partial charge in [0.2, 0.25) is 5.91 Å². The number of hydrogen-bond donors (Lipinski definition) is 0. The second-order valence-electron chi connectivity index (χ2n) is 6.84. The van der Waals surface area contributed by atoms with Crippen molar-refractivity contribution in [3.63, 3.8) is 0 Å². The van der Waals surface area contributed by atoms with Crippen molar-refractivity contribution >= 4 is 16.8 Å². The van der Waals surface area contributed by atoms with Crippen molar-refractivity contribution in [1.29, 1.82) is 5.26 Å². The van der Waals surface area contributed by atoms with Crippen LogP contribution in [0.2, 0.25) is 0 Å². The fourth-order valence-electron chi connectivity index (χ4n) is 3.70. The molecule has 0 aliphatic carbocycles. The molecule has 0 saturated carbocycles. The Bertz CT molecular complexity index is 872. The number of alkyl halides is 3. The highest BCUT2D eigenvalue weighted by Crippen LogP contribution is 2.35. The molecule has 136 valence electrons. The quantitative estimate of drug-likeness (QED) is 0.812. The van der Waals surface area contributed by atoms with Gasteiger partial charge in [-0.15, -0.1) is 0 Å². The van der Waals surface area contributed by atoms with Gasteiger partial charge in [-0.1, -0.05) is 19.1 Å². The van der Waals surface area contributed by atoms with Crippen molar-refractivity contribution in [2.45, 2.75) is 31.9 Å². The predicted molar refractivity (Wildman–Crippen MR) is 90.2 cm³/mol. The van der Waals surface area contributed by atoms with Crippen LogP contribution in [-0.2, 0) is 4.79 Å². The normalized spacial score (nSPS) is 20.8. The van der Waals surface area contributed by atoms with Crippen molar-refractivity contribution in [2.75, 3.05) is 13.1 Å². The van der Waals surface area contributed by atoms with Gasteiger partial charge in [-0.25, -0.2) is 0 Å². The number of piperidine rings is 1. The summed E-state index contributed by atoms with van der Waals surface area (Å²) in [6.45, 7) is 2.51. The first-order valence-corrected chi connectivity index (χ1v) is 8.40. The number of nitrogens with zero attached hydrogens (tertiary/aromatic N) is 3. The van der Waals surface area contributed by atoms with Gasteiger partial charge in [-0.2, -0.15) is 18.4 Å². The van der Waals surface area contributed by atoms with Crippen molar-refractivity contribution in [3.8, 4) is 6.07 Å². The van der Waals surface area contributed by atoms with E-state index in [1.807, 2.05) is 19.1 Å². The summed E-state index contributed by atoms with van der Waals surface area (Å²) in [5.74, 6) is -0.881. The first-order valence-electron chi connectivity index (χ1n) is 8.40. The summed E-state index contributed by atoms with van der Waals surface area (Å²) < 4.78 is 37.8. The number of pyridine rings is 1. The molecule has 2 aromatic rings. The number of aromatic nitrogens is 1. The van der Waals surface area contributed by atoms with E-state index in [1.54, 1.807) is 18.3 Å². The minimum absolute atomic E-state index is 0.0876. The van der Waals surface area contributed by atoms with E-state index in [0.717, 1.165) is 17.4 Å². The van der Waals surface area contributed by atoms with Crippen molar-refractivity contribution in [2.24, 2.45) is 5.92 Å². The van der Waals surface area contributed by atoms with E-state index in [-0.39, 0.29) is 18.4 Å². The molecule has 2 heterocycles. The summed E-state index contributed by atoms with van der Waals surface area (Å²) in [5, 5.41) is 10.1. The number of halogens is 3. The molecule has 0 bridgehead atoms. The van der Waals surface area contributed by atoms with Crippen LogP contribution in [0.1, 0.15) is 36.8 Å². The Labute approximate surface area is 149 Å². The van der Waals surface area contributed by atoms with Gasteiger partial charge in [0.25, 0.3) is 0 Å². The lowest BCUT2D eigenvalue weighted by atomic mass is 9.83. The molecule has 26 heavy (non-hydrogen) atoms. The van der Waals surface area contributed by atoms with E-state index in [0.29, 0.717) is 17.6 Å². The third-order valence-electron chi connectivity index (χ3n) is 4.73. The highest BCUT2D eigenvalue weighted by Gasteiger charge is 2.36. The molecular formula is C19H18F3N3O. The second-order valence-corrected chi connectivity index (χ2v) is 6.84. The Kier molecular flexibility index (Phi) is 4.86. The van der Waals surface area contributed by atoms with Crippen molar-refractivity contribution in [3.05, 3.63) is 41.6 Å². The van der Waals surface area contributed by atoms with Gasteiger partial charge in [-0.05, 0) is 30.0 Å². The number of benzene rings is 1. The number of fused-ring (bicyclic) bond motifs is 1. The standard InChI is InChI=1S/C19H18F3N3O/c1-12-7-14(11-25(10-12)17(26)8-19(20,21)22)15-5-4-13(9-23)18-16(15)3-2-6-24-18/h2-6,12,14H,7-8,10-11H2,1H3/t12-,14+/m1/s1. The molecule has 0 N–H and O–H groups in total. The van der Waals surface area contributed by atoms with Crippen LogP contribution in [0.4, 0.5) is 13.2 Å². The maximum absolute atomic E-state index is 12.6. The van der Waals surface area contributed by atoms with E-state index >= 15 is 0 Å². The zero-order valence-electron chi connectivity index (χ0n) is 14.3. The SMILES string of the molecule is C[C@@H]1C[C@H](c2ccc(C#N)c3ncccc23)CN(C(=O)CC(F)(F)F)C1. The Hall–Kier alpha value is -2.62. The maximum atomic E-state index is 12.6. The van der Waals surface area contributed by atoms with Gasteiger partial charge in [-0.3, -0.25) is 9.78 Å². The van der Waals surface area contributed by atoms with E-state index < -0.39 is 18.5 Å². The van der Waals surface area contributed by atoms with Crippen LogP contribution >= 0.6 is 0 Å². The molecule has 7 heteroatoms. The number of rotatable bonds is 2. The maximum Gasteiger partial charge on any atom is 0.397 e. The Morgan fingerprint density at radius 1 is 1.35 bits per heavy atom. The minimum atomic E-state index is -4.50. The summed E-state index contributed by atoms with van der Waals surface area (Å²) in [6.07, 6.45) is -3.55. The van der Waals surface area contributed by atoms with Gasteiger partial charge < -0.3 is 4.90 Å². The average Bonchev–Trinajstić information content (AvgIpc) is 2.58. The number of hydrogen-bond acceptors (Lipinski definition) is 3. The minimum Gasteiger partial charge on any atom is -0.342 e. The topological polar surface area (TPSA) is 57.0 Å². The van der Waals surface area contributed by atoms with Crippen LogP contribution < -0.4 is 0 Å². The molecule has 3 rings (SSSR count). The molecule has 0 unspecified atom stereocenters. The third kappa shape index (κ3) is 3.79. The average molecular weight is 361 g/mol. The number of amides is 1. The molecule has 1 aliphatic heterocycles. The number of carbonyl (C=O) groups excluding carboxylic acids is 1. The molecule has 4 nitrogen and oxygen atoms in total. The van der Waals surface area contributed by atoms with Crippen molar-refractivity contribution < 1.29 is 18.0 Å². The van der Waals surface area contributed by atoms with Crippen molar-refractivity contribution in [1.82, 2.24) is 9.88 Å². The van der Waals surface area contributed by atoms with Crippen LogP contribution in [0.3, 0.4) is 0 Å². The highest BCUT2D eigenvalue weighted by molar-refractivity contribution is 5.87. The summed E-state index contributed by atoms with van der Waals surface area (Å²) in [4.78, 5) is 17.6. The van der Waals surface area contributed by atoms with Gasteiger partial charge in [0, 0.05) is 30.6 Å². The highest BCUT2D eigenvalue weighted by atomic mass is 19.4. The Balaban J connectivity index is 1.93. The monoisotopic (exact) mass is 361 g/mol. The zero-order chi connectivity index (χ0) is 18.9. The lowest BCUT2D eigenvalue weighted by Crippen LogP contribution is -2.43. The van der Waals surface area contributed by atoms with Gasteiger partial charge in [0.15, 0.2) is 0 Å². The Morgan fingerprint density at radius 3 is 2.81 bits per heavy atom. The molecule has 1 aliphatic rings. The van der Waals surface area contributed by atoms with E-state index in [2.05, 4.69) is 11.1 Å². The zero-order valence-corrected chi connectivity index (χ0v) is 14.3. The van der Waals surface area contributed by atoms with E-state index in [9.17, 15) is 23.2 Å². The number of nitriles is 1. The van der Waals surface area contributed by atoms with Crippen LogP contribution in [0.15, 0.2) is 30.5 Å². The largest absolute Gasteiger partial charge is 0.397 e. The summed E-state index contributed by atoms with van der Waals surface area (Å²) in [7, 11) is 0. The van der Waals surface area contributed by atoms with Gasteiger partial charge >= 0.3 is 6.18 Å². The smallest absolute Gasteiger partial charge is 0.342 e. The number of carbonyl (C=O) groups is 1. The Morgan fingerprint density at radius 2 is 2.12 bits per heavy atom. The van der Waals surface area contributed by atoms with Crippen LogP contribution in [0.5, 0.6) is 0 Å². The van der Waals surface area contributed by atoms with Crippen LogP contribution in [0, 0.1) is 17.2 Å². The third-order valence-corrected chi connectivity index (χ3v) is 4.73. The second kappa shape index (κ2) is 6.94. The fraction of sp³-hybridized carbons (Fsp3) is 0.421. The van der Waals surface area contributed by atoms with Crippen LogP contribution in [0.25, 0.3) is 10.9 Å². The molecule has 0 radical (unpaired) electrons. The van der Waals surface area contributed by atoms with Gasteiger partial charge in [0.1, 0.15) is 12.5 Å². The molecular weight excluding hydrogens is 343 g/mol. The summed E-state index contributed by atoms with van der Waals surface area (Å²) >= 11 is 0.